The summed E-state index contributed by atoms with van der Waals surface area (Å²) in [6.07, 6.45) is 3.59. The Morgan fingerprint density at radius 3 is 2.71 bits per heavy atom. The Bertz CT molecular complexity index is 1700. The number of carbonyl (C=O) groups is 1. The molecule has 34 heavy (non-hydrogen) atoms. The van der Waals surface area contributed by atoms with E-state index < -0.39 is 0 Å². The van der Waals surface area contributed by atoms with Gasteiger partial charge in [-0.2, -0.15) is 9.78 Å². The molecule has 0 aliphatic heterocycles. The number of aromatic amines is 1. The van der Waals surface area contributed by atoms with Gasteiger partial charge in [0.25, 0.3) is 5.91 Å². The second kappa shape index (κ2) is 8.13. The van der Waals surface area contributed by atoms with E-state index in [0.717, 1.165) is 21.3 Å². The van der Waals surface area contributed by atoms with Gasteiger partial charge in [-0.25, -0.2) is 9.97 Å². The maximum atomic E-state index is 13.2. The van der Waals surface area contributed by atoms with Gasteiger partial charge >= 0.3 is 0 Å². The lowest BCUT2D eigenvalue weighted by Crippen LogP contribution is -2.23. The van der Waals surface area contributed by atoms with E-state index in [4.69, 9.17) is 15.7 Å². The molecule has 6 rings (SSSR count). The number of H-pyrrole nitrogens is 1. The zero-order valence-corrected chi connectivity index (χ0v) is 18.7. The maximum Gasteiger partial charge on any atom is 0.257 e. The quantitative estimate of drug-likeness (QED) is 0.325. The predicted molar refractivity (Wildman–Crippen MR) is 136 cm³/mol. The van der Waals surface area contributed by atoms with Crippen LogP contribution < -0.4 is 11.1 Å². The van der Waals surface area contributed by atoms with E-state index in [-0.39, 0.29) is 17.3 Å². The normalized spacial score (nSPS) is 11.8. The molecule has 0 saturated heterocycles. The van der Waals surface area contributed by atoms with Crippen molar-refractivity contribution in [2.24, 2.45) is 5.10 Å². The highest BCUT2D eigenvalue weighted by Gasteiger charge is 2.24. The van der Waals surface area contributed by atoms with Crippen LogP contribution in [0.1, 0.15) is 20.8 Å². The average molecular weight is 466 g/mol. The fraction of sp³-hybridized carbons (Fsp3) is 0.0400. The zero-order valence-electron chi connectivity index (χ0n) is 17.9. The van der Waals surface area contributed by atoms with Crippen molar-refractivity contribution in [2.45, 2.75) is 6.54 Å². The fourth-order valence-corrected chi connectivity index (χ4v) is 4.62. The molecule has 4 N–H and O–H groups in total. The first kappa shape index (κ1) is 20.1. The average Bonchev–Trinajstić information content (AvgIpc) is 3.58. The molecule has 0 fully saturated rings. The summed E-state index contributed by atoms with van der Waals surface area (Å²) < 4.78 is 1.48. The summed E-state index contributed by atoms with van der Waals surface area (Å²) in [6.45, 7) is 0.405. The summed E-state index contributed by atoms with van der Waals surface area (Å²) in [4.78, 5) is 26.9. The van der Waals surface area contributed by atoms with Crippen LogP contribution in [0.2, 0.25) is 0 Å². The lowest BCUT2D eigenvalue weighted by atomic mass is 10.2. The molecule has 0 unspecified atom stereocenters. The summed E-state index contributed by atoms with van der Waals surface area (Å²) in [5, 5.41) is 10.6. The van der Waals surface area contributed by atoms with Crippen LogP contribution in [0.4, 0.5) is 5.82 Å². The molecule has 0 radical (unpaired) electrons. The standard InChI is InChI=1S/C25H19N7OS/c26-23-21(25(33)28-14-16-6-5-11-34-16)22-24(31-20-10-4-3-9-19(20)30-22)32(23)29-13-15-12-27-18-8-2-1-7-17(15)18/h1-13,27H,14,26H2,(H,28,33)/b29-13-. The van der Waals surface area contributed by atoms with Crippen molar-refractivity contribution in [1.82, 2.24) is 24.9 Å². The van der Waals surface area contributed by atoms with Crippen molar-refractivity contribution in [3.63, 3.8) is 0 Å². The third kappa shape index (κ3) is 3.39. The number of thiophene rings is 1. The molecule has 166 valence electrons. The SMILES string of the molecule is Nc1c(C(=O)NCc2cccs2)c2nc3ccccc3nc2n1/N=C\c1c[nH]c2ccccc12. The molecular formula is C25H19N7OS. The molecule has 0 bridgehead atoms. The van der Waals surface area contributed by atoms with E-state index in [1.54, 1.807) is 17.6 Å². The third-order valence-electron chi connectivity index (χ3n) is 5.64. The van der Waals surface area contributed by atoms with Gasteiger partial charge in [0.15, 0.2) is 5.65 Å². The zero-order chi connectivity index (χ0) is 23.1. The molecule has 1 amide bonds. The van der Waals surface area contributed by atoms with Crippen molar-refractivity contribution in [3.8, 4) is 0 Å². The monoisotopic (exact) mass is 465 g/mol. The van der Waals surface area contributed by atoms with E-state index in [2.05, 4.69) is 15.4 Å². The minimum absolute atomic E-state index is 0.185. The summed E-state index contributed by atoms with van der Waals surface area (Å²) in [7, 11) is 0. The highest BCUT2D eigenvalue weighted by molar-refractivity contribution is 7.09. The molecule has 4 aromatic heterocycles. The first-order valence-electron chi connectivity index (χ1n) is 10.7. The van der Waals surface area contributed by atoms with Crippen LogP contribution in [0.25, 0.3) is 33.1 Å². The first-order valence-corrected chi connectivity index (χ1v) is 11.5. The van der Waals surface area contributed by atoms with Crippen LogP contribution in [-0.2, 0) is 6.54 Å². The number of aromatic nitrogens is 4. The highest BCUT2D eigenvalue weighted by atomic mass is 32.1. The van der Waals surface area contributed by atoms with Crippen LogP contribution >= 0.6 is 11.3 Å². The molecule has 0 spiro atoms. The van der Waals surface area contributed by atoms with Crippen LogP contribution in [-0.4, -0.2) is 31.7 Å². The van der Waals surface area contributed by atoms with Gasteiger partial charge in [0.2, 0.25) is 0 Å². The largest absolute Gasteiger partial charge is 0.383 e. The number of nitrogens with two attached hydrogens (primary N) is 1. The molecular weight excluding hydrogens is 446 g/mol. The lowest BCUT2D eigenvalue weighted by molar-refractivity contribution is 0.0953. The number of nitrogens with zero attached hydrogens (tertiary/aromatic N) is 4. The van der Waals surface area contributed by atoms with Crippen LogP contribution in [0, 0.1) is 0 Å². The highest BCUT2D eigenvalue weighted by Crippen LogP contribution is 2.28. The number of nitrogen functional groups attached to an aromatic ring is 1. The topological polar surface area (TPSA) is 114 Å². The Morgan fingerprint density at radius 2 is 1.88 bits per heavy atom. The number of carbonyl (C=O) groups excluding carboxylic acids is 1. The van der Waals surface area contributed by atoms with Crippen molar-refractivity contribution in [1.29, 1.82) is 0 Å². The van der Waals surface area contributed by atoms with Gasteiger partial charge in [-0.05, 0) is 29.6 Å². The fourth-order valence-electron chi connectivity index (χ4n) is 3.98. The van der Waals surface area contributed by atoms with Gasteiger partial charge in [-0.1, -0.05) is 36.4 Å². The summed E-state index contributed by atoms with van der Waals surface area (Å²) in [6, 6.07) is 19.4. The van der Waals surface area contributed by atoms with E-state index in [9.17, 15) is 4.79 Å². The Kier molecular flexibility index (Phi) is 4.81. The van der Waals surface area contributed by atoms with E-state index >= 15 is 0 Å². The van der Waals surface area contributed by atoms with Gasteiger partial charge in [0, 0.05) is 27.5 Å². The van der Waals surface area contributed by atoms with Gasteiger partial charge in [0.05, 0.1) is 23.8 Å². The molecule has 0 saturated carbocycles. The summed E-state index contributed by atoms with van der Waals surface area (Å²) in [5.41, 5.74) is 10.9. The number of anilines is 1. The molecule has 2 aromatic carbocycles. The summed E-state index contributed by atoms with van der Waals surface area (Å²) >= 11 is 1.58. The van der Waals surface area contributed by atoms with Crippen LogP contribution in [0.15, 0.2) is 77.3 Å². The molecule has 6 aromatic rings. The Morgan fingerprint density at radius 1 is 1.09 bits per heavy atom. The Balaban J connectivity index is 1.48. The first-order chi connectivity index (χ1) is 16.7. The number of para-hydroxylation sites is 3. The molecule has 8 nitrogen and oxygen atoms in total. The number of rotatable bonds is 5. The number of nitrogens with one attached hydrogen (secondary N) is 2. The van der Waals surface area contributed by atoms with Crippen LogP contribution in [0.3, 0.4) is 0 Å². The van der Waals surface area contributed by atoms with Crippen molar-refractivity contribution < 1.29 is 4.79 Å². The molecule has 0 aliphatic rings. The minimum atomic E-state index is -0.318. The molecule has 0 aliphatic carbocycles. The van der Waals surface area contributed by atoms with Crippen LogP contribution in [0.5, 0.6) is 0 Å². The predicted octanol–water partition coefficient (Wildman–Crippen LogP) is 4.52. The number of hydrogen-bond acceptors (Lipinski definition) is 6. The molecule has 9 heteroatoms. The Labute approximate surface area is 197 Å². The smallest absolute Gasteiger partial charge is 0.257 e. The van der Waals surface area contributed by atoms with Crippen molar-refractivity contribution >= 4 is 62.4 Å². The second-order valence-electron chi connectivity index (χ2n) is 7.75. The second-order valence-corrected chi connectivity index (χ2v) is 8.79. The van der Waals surface area contributed by atoms with E-state index in [1.165, 1.54) is 4.68 Å². The maximum absolute atomic E-state index is 13.2. The minimum Gasteiger partial charge on any atom is -0.383 e. The van der Waals surface area contributed by atoms with Gasteiger partial charge in [-0.3, -0.25) is 4.79 Å². The van der Waals surface area contributed by atoms with E-state index in [1.807, 2.05) is 72.2 Å². The van der Waals surface area contributed by atoms with Crippen molar-refractivity contribution in [3.05, 3.63) is 88.2 Å². The van der Waals surface area contributed by atoms with Crippen molar-refractivity contribution in [2.75, 3.05) is 5.73 Å². The number of benzene rings is 2. The van der Waals surface area contributed by atoms with Gasteiger partial charge in [-0.15, -0.1) is 11.3 Å². The van der Waals surface area contributed by atoms with Gasteiger partial charge in [0.1, 0.15) is 16.9 Å². The third-order valence-corrected chi connectivity index (χ3v) is 6.51. The number of amides is 1. The number of hydrogen-bond donors (Lipinski definition) is 3. The van der Waals surface area contributed by atoms with Gasteiger partial charge < -0.3 is 16.0 Å². The molecule has 0 atom stereocenters. The Hall–Kier alpha value is -4.50. The number of fused-ring (bicyclic) bond motifs is 3. The molecule has 4 heterocycles. The van der Waals surface area contributed by atoms with E-state index in [0.29, 0.717) is 28.7 Å². The summed E-state index contributed by atoms with van der Waals surface area (Å²) in [5.74, 6) is -0.133. The lowest BCUT2D eigenvalue weighted by Gasteiger charge is -2.04.